The predicted octanol–water partition coefficient (Wildman–Crippen LogP) is 3.38. The predicted molar refractivity (Wildman–Crippen MR) is 63.0 cm³/mol. The van der Waals surface area contributed by atoms with Crippen LogP contribution in [0.2, 0.25) is 5.04 Å². The van der Waals surface area contributed by atoms with Gasteiger partial charge >= 0.3 is 84.4 Å². The van der Waals surface area contributed by atoms with Gasteiger partial charge in [-0.2, -0.15) is 0 Å². The maximum absolute atomic E-state index is 9.25. The molecule has 14 heavy (non-hydrogen) atoms. The van der Waals surface area contributed by atoms with Crippen molar-refractivity contribution in [1.29, 1.82) is 0 Å². The number of rotatable bonds is 7. The fourth-order valence-electron chi connectivity index (χ4n) is 1.03. The van der Waals surface area contributed by atoms with Gasteiger partial charge in [0.15, 0.2) is 0 Å². The summed E-state index contributed by atoms with van der Waals surface area (Å²) < 4.78 is 3.20. The maximum atomic E-state index is 9.25. The Bertz CT molecular complexity index is 129. The van der Waals surface area contributed by atoms with Gasteiger partial charge in [-0.1, -0.05) is 6.58 Å². The Morgan fingerprint density at radius 1 is 1.36 bits per heavy atom. The zero-order chi connectivity index (χ0) is 11.2. The first-order chi connectivity index (χ1) is 6.68. The summed E-state index contributed by atoms with van der Waals surface area (Å²) >= 11 is 0.0296. The second-order valence-corrected chi connectivity index (χ2v) is 7.08. The Morgan fingerprint density at radius 2 is 1.93 bits per heavy atom. The third-order valence-corrected chi connectivity index (χ3v) is 4.55. The van der Waals surface area contributed by atoms with E-state index in [0.29, 0.717) is 0 Å². The van der Waals surface area contributed by atoms with Crippen LogP contribution in [0.1, 0.15) is 39.5 Å². The van der Waals surface area contributed by atoms with Gasteiger partial charge < -0.3 is 5.11 Å². The molecule has 0 aromatic heterocycles. The molecule has 0 aliphatic rings. The van der Waals surface area contributed by atoms with Crippen LogP contribution in [0, 0.1) is 0 Å². The van der Waals surface area contributed by atoms with E-state index in [1.165, 1.54) is 19.3 Å². The van der Waals surface area contributed by atoms with Crippen molar-refractivity contribution in [3.63, 3.8) is 0 Å². The molecule has 0 aliphatic carbocycles. The molecule has 2 nitrogen and oxygen atoms in total. The standard InChI is InChI=1S/C6H13.C3H4O2.C2H5.Ca/c1-3-5-6-4-2;1-2-3(4)5;1-2;/h1,3-6H2,2H3;2H,1H2,(H,4,5);1H2,2H3;. The van der Waals surface area contributed by atoms with Gasteiger partial charge in [0.05, 0.1) is 0 Å². The Hall–Kier alpha value is 0.470. The van der Waals surface area contributed by atoms with Crippen molar-refractivity contribution in [2.45, 2.75) is 44.6 Å². The van der Waals surface area contributed by atoms with E-state index in [1.807, 2.05) is 0 Å². The van der Waals surface area contributed by atoms with Crippen molar-refractivity contribution in [3.8, 4) is 0 Å². The first-order valence-corrected chi connectivity index (χ1v) is 8.66. The molecule has 80 valence electrons. The molecular formula is C11H22CaO2. The molecule has 0 saturated heterocycles. The zero-order valence-corrected chi connectivity index (χ0v) is 11.8. The Morgan fingerprint density at radius 3 is 2.29 bits per heavy atom. The molecule has 3 heteroatoms. The molecule has 0 unspecified atom stereocenters. The molecule has 0 rings (SSSR count). The molecule has 0 saturated carbocycles. The van der Waals surface area contributed by atoms with E-state index >= 15 is 0 Å². The topological polar surface area (TPSA) is 37.3 Å². The van der Waals surface area contributed by atoms with E-state index in [-0.39, 0.29) is 33.8 Å². The minimum atomic E-state index is -0.981. The number of aliphatic carboxylic acids is 1. The third-order valence-electron chi connectivity index (χ3n) is 1.88. The second-order valence-electron chi connectivity index (χ2n) is 3.31. The molecule has 0 atom stereocenters. The summed E-state index contributed by atoms with van der Waals surface area (Å²) in [4.78, 5) is 9.25. The normalized spacial score (nSPS) is 8.14. The third kappa shape index (κ3) is 22.9. The van der Waals surface area contributed by atoms with Crippen molar-refractivity contribution < 1.29 is 9.90 Å². The van der Waals surface area contributed by atoms with E-state index in [1.54, 1.807) is 11.5 Å². The quantitative estimate of drug-likeness (QED) is 0.410. The Balaban J connectivity index is 0. The van der Waals surface area contributed by atoms with Crippen LogP contribution in [0.25, 0.3) is 0 Å². The van der Waals surface area contributed by atoms with Gasteiger partial charge in [0, 0.05) is 6.08 Å². The average Bonchev–Trinajstić information content (AvgIpc) is 2.19. The summed E-state index contributed by atoms with van der Waals surface area (Å²) in [6, 6.07) is 0. The summed E-state index contributed by atoms with van der Waals surface area (Å²) in [5, 5.41) is 7.60. The molecule has 0 bridgehead atoms. The fourth-order valence-corrected chi connectivity index (χ4v) is 2.92. The van der Waals surface area contributed by atoms with Crippen LogP contribution in [0.15, 0.2) is 12.7 Å². The van der Waals surface area contributed by atoms with Crippen LogP contribution in [0.5, 0.6) is 0 Å². The number of hydrogen-bond donors (Lipinski definition) is 1. The van der Waals surface area contributed by atoms with Gasteiger partial charge in [-0.25, -0.2) is 4.79 Å². The molecule has 0 aliphatic heterocycles. The summed E-state index contributed by atoms with van der Waals surface area (Å²) in [7, 11) is 0. The monoisotopic (exact) mass is 226 g/mol. The molecule has 0 aromatic carbocycles. The molecule has 0 amide bonds. The van der Waals surface area contributed by atoms with E-state index in [0.717, 1.165) is 6.08 Å². The van der Waals surface area contributed by atoms with E-state index in [2.05, 4.69) is 20.4 Å². The fraction of sp³-hybridized carbons (Fsp3) is 0.727. The van der Waals surface area contributed by atoms with E-state index in [9.17, 15) is 4.79 Å². The van der Waals surface area contributed by atoms with Crippen LogP contribution in [-0.2, 0) is 4.79 Å². The van der Waals surface area contributed by atoms with Crippen molar-refractivity contribution in [1.82, 2.24) is 0 Å². The summed E-state index contributed by atoms with van der Waals surface area (Å²) in [6.45, 7) is 7.59. The van der Waals surface area contributed by atoms with Crippen molar-refractivity contribution in [2.75, 3.05) is 0 Å². The van der Waals surface area contributed by atoms with E-state index < -0.39 is 5.97 Å². The number of unbranched alkanes of at least 4 members (excludes halogenated alkanes) is 3. The van der Waals surface area contributed by atoms with Gasteiger partial charge in [-0.05, 0) is 0 Å². The average molecular weight is 226 g/mol. The van der Waals surface area contributed by atoms with Gasteiger partial charge in [-0.15, -0.1) is 0 Å². The minimum absolute atomic E-state index is 0.0296. The van der Waals surface area contributed by atoms with Gasteiger partial charge in [0.25, 0.3) is 0 Å². The second kappa shape index (κ2) is 15.9. The number of carboxylic acids is 1. The zero-order valence-electron chi connectivity index (χ0n) is 9.59. The molecule has 0 heterocycles. The molecular weight excluding hydrogens is 204 g/mol. The van der Waals surface area contributed by atoms with Crippen LogP contribution in [0.4, 0.5) is 0 Å². The number of carboxylic acid groups (broad SMARTS) is 1. The van der Waals surface area contributed by atoms with Crippen molar-refractivity contribution in [3.05, 3.63) is 12.7 Å². The number of hydrogen-bond acceptors (Lipinski definition) is 1. The van der Waals surface area contributed by atoms with Gasteiger partial charge in [0.2, 0.25) is 0 Å². The molecule has 0 radical (unpaired) electrons. The summed E-state index contributed by atoms with van der Waals surface area (Å²) in [6.07, 6.45) is 6.73. The first kappa shape index (κ1) is 16.9. The first-order valence-electron chi connectivity index (χ1n) is 5.54. The van der Waals surface area contributed by atoms with Gasteiger partial charge in [0.1, 0.15) is 0 Å². The summed E-state index contributed by atoms with van der Waals surface area (Å²) in [5.41, 5.74) is 0. The molecule has 1 N–H and O–H groups in total. The molecule has 0 fully saturated rings. The molecule has 0 aromatic rings. The number of carbonyl (C=O) groups is 1. The van der Waals surface area contributed by atoms with Crippen LogP contribution in [-0.4, -0.2) is 44.9 Å². The van der Waals surface area contributed by atoms with Crippen LogP contribution in [0.3, 0.4) is 0 Å². The van der Waals surface area contributed by atoms with Crippen LogP contribution >= 0.6 is 0 Å². The SMILES string of the molecule is C=CC(=O)O.CCCCC[CH2][Ca][CH2]C. The molecule has 0 spiro atoms. The van der Waals surface area contributed by atoms with Crippen molar-refractivity contribution >= 4 is 39.8 Å². The van der Waals surface area contributed by atoms with Gasteiger partial charge in [-0.3, -0.25) is 0 Å². The van der Waals surface area contributed by atoms with E-state index in [4.69, 9.17) is 5.11 Å². The Kier molecular flexibility index (Phi) is 19.2. The van der Waals surface area contributed by atoms with Crippen LogP contribution < -0.4 is 0 Å². The summed E-state index contributed by atoms with van der Waals surface area (Å²) in [5.74, 6) is -0.981. The Labute approximate surface area is 106 Å². The van der Waals surface area contributed by atoms with Crippen molar-refractivity contribution in [2.24, 2.45) is 0 Å².